The van der Waals surface area contributed by atoms with E-state index in [0.717, 1.165) is 21.3 Å². The van der Waals surface area contributed by atoms with Crippen molar-refractivity contribution in [2.45, 2.75) is 18.6 Å². The minimum absolute atomic E-state index is 0.119. The van der Waals surface area contributed by atoms with E-state index in [-0.39, 0.29) is 11.7 Å². The summed E-state index contributed by atoms with van der Waals surface area (Å²) in [5.74, 6) is 1.48. The van der Waals surface area contributed by atoms with Gasteiger partial charge in [0.25, 0.3) is 0 Å². The van der Waals surface area contributed by atoms with Crippen LogP contribution in [0.1, 0.15) is 5.56 Å². The fraction of sp³-hybridized carbons (Fsp3) is 0.190. The molecule has 3 rings (SSSR count). The third-order valence-corrected chi connectivity index (χ3v) is 5.73. The van der Waals surface area contributed by atoms with Crippen molar-refractivity contribution in [2.75, 3.05) is 18.2 Å². The number of benzene rings is 2. The average Bonchev–Trinajstić information content (AvgIpc) is 3.11. The number of thioether (sulfide) groups is 1. The van der Waals surface area contributed by atoms with E-state index in [1.807, 2.05) is 54.0 Å². The Kier molecular flexibility index (Phi) is 7.11. The summed E-state index contributed by atoms with van der Waals surface area (Å²) in [7, 11) is 1.62. The zero-order valence-electron chi connectivity index (χ0n) is 16.2. The average molecular weight is 473 g/mol. The number of nitrogens with one attached hydrogen (secondary N) is 1. The minimum Gasteiger partial charge on any atom is -0.496 e. The summed E-state index contributed by atoms with van der Waals surface area (Å²) in [6.45, 7) is 6.34. The first-order valence-electron chi connectivity index (χ1n) is 8.89. The minimum atomic E-state index is -0.119. The summed E-state index contributed by atoms with van der Waals surface area (Å²) in [6.07, 6.45) is 1.77. The summed E-state index contributed by atoms with van der Waals surface area (Å²) < 4.78 is 8.22. The van der Waals surface area contributed by atoms with Gasteiger partial charge >= 0.3 is 0 Å². The van der Waals surface area contributed by atoms with Gasteiger partial charge in [-0.2, -0.15) is 0 Å². The number of allylic oxidation sites excluding steroid dienone is 1. The number of aromatic nitrogens is 3. The van der Waals surface area contributed by atoms with E-state index in [0.29, 0.717) is 23.3 Å². The number of amides is 1. The Morgan fingerprint density at radius 2 is 2.10 bits per heavy atom. The molecule has 1 amide bonds. The van der Waals surface area contributed by atoms with Gasteiger partial charge in [0.2, 0.25) is 5.91 Å². The van der Waals surface area contributed by atoms with E-state index in [1.165, 1.54) is 11.8 Å². The second-order valence-corrected chi connectivity index (χ2v) is 8.02. The van der Waals surface area contributed by atoms with Crippen LogP contribution < -0.4 is 10.1 Å². The molecule has 1 aromatic heterocycles. The maximum absolute atomic E-state index is 12.4. The zero-order valence-corrected chi connectivity index (χ0v) is 18.6. The Morgan fingerprint density at radius 3 is 2.83 bits per heavy atom. The number of ether oxygens (including phenoxy) is 1. The van der Waals surface area contributed by atoms with Crippen LogP contribution in [0, 0.1) is 6.92 Å². The molecule has 0 aliphatic heterocycles. The Labute approximate surface area is 182 Å². The van der Waals surface area contributed by atoms with Crippen LogP contribution in [0.4, 0.5) is 5.69 Å². The molecule has 0 aliphatic carbocycles. The largest absolute Gasteiger partial charge is 0.496 e. The second-order valence-electron chi connectivity index (χ2n) is 6.23. The highest BCUT2D eigenvalue weighted by Gasteiger charge is 2.17. The van der Waals surface area contributed by atoms with Crippen LogP contribution in [0.25, 0.3) is 11.4 Å². The van der Waals surface area contributed by atoms with Gasteiger partial charge in [-0.1, -0.05) is 36.0 Å². The molecule has 1 N–H and O–H groups in total. The molecule has 0 aliphatic rings. The number of hydrogen-bond donors (Lipinski definition) is 1. The number of methoxy groups -OCH3 is 1. The lowest BCUT2D eigenvalue weighted by Gasteiger charge is -2.11. The molecule has 2 aromatic carbocycles. The van der Waals surface area contributed by atoms with Gasteiger partial charge in [0.05, 0.1) is 24.1 Å². The second kappa shape index (κ2) is 9.76. The molecule has 6 nitrogen and oxygen atoms in total. The molecular formula is C21H21BrN4O2S. The Hall–Kier alpha value is -2.58. The molecule has 0 spiro atoms. The number of rotatable bonds is 8. The van der Waals surface area contributed by atoms with Gasteiger partial charge in [-0.05, 0) is 52.7 Å². The van der Waals surface area contributed by atoms with E-state index < -0.39 is 0 Å². The van der Waals surface area contributed by atoms with Crippen molar-refractivity contribution in [1.29, 1.82) is 0 Å². The SMILES string of the molecule is C=CCn1c(SCC(=O)Nc2ccc(C)cc2Br)nnc1-c1ccccc1OC. The molecule has 0 radical (unpaired) electrons. The summed E-state index contributed by atoms with van der Waals surface area (Å²) in [4.78, 5) is 12.4. The van der Waals surface area contributed by atoms with Gasteiger partial charge in [-0.25, -0.2) is 0 Å². The number of nitrogens with zero attached hydrogens (tertiary/aromatic N) is 3. The summed E-state index contributed by atoms with van der Waals surface area (Å²) in [5, 5.41) is 12.2. The molecule has 1 heterocycles. The van der Waals surface area contributed by atoms with Crippen molar-refractivity contribution >= 4 is 39.3 Å². The Morgan fingerprint density at radius 1 is 1.31 bits per heavy atom. The molecule has 0 saturated heterocycles. The number of aryl methyl sites for hydroxylation is 1. The number of carbonyl (C=O) groups is 1. The topological polar surface area (TPSA) is 69.0 Å². The predicted molar refractivity (Wildman–Crippen MR) is 120 cm³/mol. The summed E-state index contributed by atoms with van der Waals surface area (Å²) in [6, 6.07) is 13.4. The van der Waals surface area contributed by atoms with Gasteiger partial charge in [0.15, 0.2) is 11.0 Å². The van der Waals surface area contributed by atoms with Crippen molar-refractivity contribution < 1.29 is 9.53 Å². The normalized spacial score (nSPS) is 10.6. The van der Waals surface area contributed by atoms with Crippen molar-refractivity contribution in [3.63, 3.8) is 0 Å². The van der Waals surface area contributed by atoms with Crippen LogP contribution in [0.5, 0.6) is 5.75 Å². The van der Waals surface area contributed by atoms with E-state index >= 15 is 0 Å². The van der Waals surface area contributed by atoms with Crippen molar-refractivity contribution in [1.82, 2.24) is 14.8 Å². The van der Waals surface area contributed by atoms with Crippen LogP contribution >= 0.6 is 27.7 Å². The Balaban J connectivity index is 1.76. The number of anilines is 1. The molecule has 3 aromatic rings. The number of carbonyl (C=O) groups excluding carboxylic acids is 1. The van der Waals surface area contributed by atoms with Crippen molar-refractivity contribution in [3.05, 3.63) is 65.2 Å². The third kappa shape index (κ3) is 5.07. The summed E-state index contributed by atoms with van der Waals surface area (Å²) in [5.41, 5.74) is 2.69. The fourth-order valence-corrected chi connectivity index (χ4v) is 4.10. The standard InChI is InChI=1S/C21H21BrN4O2S/c1-4-11-26-20(15-7-5-6-8-18(15)28-3)24-25-21(26)29-13-19(27)23-17-10-9-14(2)12-16(17)22/h4-10,12H,1,11,13H2,2-3H3,(H,23,27). The maximum Gasteiger partial charge on any atom is 0.234 e. The first kappa shape index (κ1) is 21.1. The lowest BCUT2D eigenvalue weighted by Crippen LogP contribution is -2.15. The van der Waals surface area contributed by atoms with Gasteiger partial charge < -0.3 is 10.1 Å². The highest BCUT2D eigenvalue weighted by atomic mass is 79.9. The van der Waals surface area contributed by atoms with Crippen LogP contribution in [-0.2, 0) is 11.3 Å². The Bertz CT molecular complexity index is 1040. The van der Waals surface area contributed by atoms with Gasteiger partial charge in [0.1, 0.15) is 5.75 Å². The van der Waals surface area contributed by atoms with Crippen molar-refractivity contribution in [2.24, 2.45) is 0 Å². The molecule has 0 fully saturated rings. The van der Waals surface area contributed by atoms with E-state index in [9.17, 15) is 4.79 Å². The predicted octanol–water partition coefficient (Wildman–Crippen LogP) is 4.94. The van der Waals surface area contributed by atoms with Gasteiger partial charge in [0, 0.05) is 11.0 Å². The highest BCUT2D eigenvalue weighted by Crippen LogP contribution is 2.31. The quantitative estimate of drug-likeness (QED) is 0.371. The van der Waals surface area contributed by atoms with E-state index in [1.54, 1.807) is 13.2 Å². The highest BCUT2D eigenvalue weighted by molar-refractivity contribution is 9.10. The molecule has 0 unspecified atom stereocenters. The number of hydrogen-bond acceptors (Lipinski definition) is 5. The van der Waals surface area contributed by atoms with Crippen LogP contribution in [0.2, 0.25) is 0 Å². The first-order valence-corrected chi connectivity index (χ1v) is 10.7. The van der Waals surface area contributed by atoms with Crippen LogP contribution in [-0.4, -0.2) is 33.5 Å². The first-order chi connectivity index (χ1) is 14.0. The lowest BCUT2D eigenvalue weighted by molar-refractivity contribution is -0.113. The van der Waals surface area contributed by atoms with Crippen LogP contribution in [0.15, 0.2) is 64.7 Å². The number of para-hydroxylation sites is 1. The molecule has 150 valence electrons. The molecule has 0 bridgehead atoms. The third-order valence-electron chi connectivity index (χ3n) is 4.11. The lowest BCUT2D eigenvalue weighted by atomic mass is 10.2. The van der Waals surface area contributed by atoms with E-state index in [4.69, 9.17) is 4.74 Å². The van der Waals surface area contributed by atoms with Crippen LogP contribution in [0.3, 0.4) is 0 Å². The number of halogens is 1. The monoisotopic (exact) mass is 472 g/mol. The molecule has 8 heteroatoms. The molecular weight excluding hydrogens is 452 g/mol. The fourth-order valence-electron chi connectivity index (χ4n) is 2.76. The molecule has 0 atom stereocenters. The molecule has 29 heavy (non-hydrogen) atoms. The smallest absolute Gasteiger partial charge is 0.234 e. The van der Waals surface area contributed by atoms with E-state index in [2.05, 4.69) is 38.0 Å². The van der Waals surface area contributed by atoms with Crippen molar-refractivity contribution in [3.8, 4) is 17.1 Å². The zero-order chi connectivity index (χ0) is 20.8. The maximum atomic E-state index is 12.4. The summed E-state index contributed by atoms with van der Waals surface area (Å²) >= 11 is 4.80. The van der Waals surface area contributed by atoms with Gasteiger partial charge in [-0.15, -0.1) is 16.8 Å². The molecule has 0 saturated carbocycles. The van der Waals surface area contributed by atoms with Gasteiger partial charge in [-0.3, -0.25) is 9.36 Å².